The van der Waals surface area contributed by atoms with E-state index in [-0.39, 0.29) is 19.0 Å². The van der Waals surface area contributed by atoms with Gasteiger partial charge in [-0.25, -0.2) is 9.18 Å². The van der Waals surface area contributed by atoms with Gasteiger partial charge in [-0.05, 0) is 59.1 Å². The van der Waals surface area contributed by atoms with Gasteiger partial charge in [0.2, 0.25) is 0 Å². The smallest absolute Gasteiger partial charge is 0.336 e. The summed E-state index contributed by atoms with van der Waals surface area (Å²) in [5.74, 6) is -0.834. The van der Waals surface area contributed by atoms with Crippen molar-refractivity contribution in [2.24, 2.45) is 0 Å². The summed E-state index contributed by atoms with van der Waals surface area (Å²) in [5.41, 5.74) is 1.49. The average molecular weight is 517 g/mol. The molecule has 10 heteroatoms. The lowest BCUT2D eigenvalue weighted by atomic mass is 10.2. The van der Waals surface area contributed by atoms with Crippen LogP contribution in [0.5, 0.6) is 0 Å². The molecule has 3 heterocycles. The molecule has 7 nitrogen and oxygen atoms in total. The third-order valence-electron chi connectivity index (χ3n) is 4.97. The van der Waals surface area contributed by atoms with Crippen LogP contribution in [-0.4, -0.2) is 19.9 Å². The Morgan fingerprint density at radius 1 is 1.19 bits per heavy atom. The van der Waals surface area contributed by atoms with Crippen LogP contribution in [0.4, 0.5) is 4.39 Å². The summed E-state index contributed by atoms with van der Waals surface area (Å²) < 4.78 is 16.5. The van der Waals surface area contributed by atoms with Gasteiger partial charge < -0.3 is 5.32 Å². The first-order chi connectivity index (χ1) is 15.2. The van der Waals surface area contributed by atoms with Gasteiger partial charge in [0, 0.05) is 30.2 Å². The minimum Gasteiger partial charge on any atom is -0.347 e. The summed E-state index contributed by atoms with van der Waals surface area (Å²) in [6, 6.07) is 8.16. The molecule has 3 aromatic heterocycles. The monoisotopic (exact) mass is 516 g/mol. The maximum absolute atomic E-state index is 13.9. The molecule has 0 bridgehead atoms. The van der Waals surface area contributed by atoms with E-state index >= 15 is 0 Å². The first-order valence-electron chi connectivity index (χ1n) is 9.64. The number of hydrogen-bond acceptors (Lipinski definition) is 5. The summed E-state index contributed by atoms with van der Waals surface area (Å²) in [7, 11) is 0. The normalized spacial score (nSPS) is 11.1. The van der Waals surface area contributed by atoms with Crippen molar-refractivity contribution in [3.63, 3.8) is 0 Å². The number of carbonyl (C=O) groups is 1. The van der Waals surface area contributed by atoms with Gasteiger partial charge in [-0.15, -0.1) is 11.3 Å². The van der Waals surface area contributed by atoms with Gasteiger partial charge in [-0.2, -0.15) is 0 Å². The summed E-state index contributed by atoms with van der Waals surface area (Å²) >= 11 is 4.16. The highest BCUT2D eigenvalue weighted by Gasteiger charge is 2.18. The number of rotatable bonds is 5. The molecule has 1 amide bonds. The molecule has 4 rings (SSSR count). The zero-order chi connectivity index (χ0) is 23.0. The Bertz CT molecular complexity index is 1460. The number of nitrogens with one attached hydrogen (secondary N) is 1. The van der Waals surface area contributed by atoms with Gasteiger partial charge in [0.1, 0.15) is 15.5 Å². The van der Waals surface area contributed by atoms with Crippen molar-refractivity contribution < 1.29 is 9.18 Å². The standard InChI is InChI=1S/C22H18BrFN4O3S/c1-12-3-4-15(8-25-12)9-26-19(29)18-11-28-21(32-18)13(2)20(30)27(22(28)31)10-14-5-6-16(23)17(24)7-14/h3-8,11H,9-10H2,1-2H3,(H,26,29). The van der Waals surface area contributed by atoms with E-state index in [0.717, 1.165) is 27.2 Å². The maximum Gasteiger partial charge on any atom is 0.336 e. The summed E-state index contributed by atoms with van der Waals surface area (Å²) in [5, 5.41) is 2.80. The Hall–Kier alpha value is -3.11. The van der Waals surface area contributed by atoms with E-state index < -0.39 is 17.1 Å². The van der Waals surface area contributed by atoms with Crippen molar-refractivity contribution in [3.05, 3.63) is 101 Å². The van der Waals surface area contributed by atoms with Crippen molar-refractivity contribution in [1.82, 2.24) is 19.3 Å². The molecule has 4 aromatic rings. The van der Waals surface area contributed by atoms with Crippen molar-refractivity contribution in [3.8, 4) is 0 Å². The van der Waals surface area contributed by atoms with Crippen LogP contribution in [0.1, 0.15) is 32.1 Å². The highest BCUT2D eigenvalue weighted by Crippen LogP contribution is 2.19. The molecule has 0 aliphatic heterocycles. The predicted octanol–water partition coefficient (Wildman–Crippen LogP) is 3.41. The van der Waals surface area contributed by atoms with Crippen LogP contribution in [-0.2, 0) is 13.1 Å². The molecule has 1 aromatic carbocycles. The molecule has 0 atom stereocenters. The average Bonchev–Trinajstić information content (AvgIpc) is 3.23. The van der Waals surface area contributed by atoms with Crippen LogP contribution in [0.2, 0.25) is 0 Å². The molecule has 1 N–H and O–H groups in total. The summed E-state index contributed by atoms with van der Waals surface area (Å²) in [6.45, 7) is 3.69. The highest BCUT2D eigenvalue weighted by molar-refractivity contribution is 9.10. The number of hydrogen-bond donors (Lipinski definition) is 1. The van der Waals surface area contributed by atoms with Crippen LogP contribution in [0.3, 0.4) is 0 Å². The van der Waals surface area contributed by atoms with Gasteiger partial charge in [0.25, 0.3) is 11.5 Å². The first kappa shape index (κ1) is 22.1. The van der Waals surface area contributed by atoms with Gasteiger partial charge in [-0.1, -0.05) is 12.1 Å². The van der Waals surface area contributed by atoms with Crippen LogP contribution in [0, 0.1) is 19.7 Å². The first-order valence-corrected chi connectivity index (χ1v) is 11.2. The zero-order valence-corrected chi connectivity index (χ0v) is 19.6. The Morgan fingerprint density at radius 3 is 2.62 bits per heavy atom. The Balaban J connectivity index is 1.65. The second kappa shape index (κ2) is 8.79. The third kappa shape index (κ3) is 4.28. The molecule has 0 saturated carbocycles. The molecule has 0 radical (unpaired) electrons. The molecule has 0 aliphatic rings. The SMILES string of the molecule is Cc1ccc(CNC(=O)c2cn3c(=O)n(Cc4ccc(Br)c(F)c4)c(=O)c(C)c3s2)cn1. The number of pyridine rings is 1. The van der Waals surface area contributed by atoms with E-state index in [4.69, 9.17) is 0 Å². The lowest BCUT2D eigenvalue weighted by molar-refractivity contribution is 0.0954. The van der Waals surface area contributed by atoms with Crippen LogP contribution in [0.15, 0.2) is 56.8 Å². The predicted molar refractivity (Wildman–Crippen MR) is 124 cm³/mol. The largest absolute Gasteiger partial charge is 0.347 e. The van der Waals surface area contributed by atoms with E-state index in [1.807, 2.05) is 19.1 Å². The van der Waals surface area contributed by atoms with Crippen LogP contribution >= 0.6 is 27.3 Å². The van der Waals surface area contributed by atoms with E-state index in [9.17, 15) is 18.8 Å². The quantitative estimate of drug-likeness (QED) is 0.440. The number of fused-ring (bicyclic) bond motifs is 1. The molecule has 164 valence electrons. The van der Waals surface area contributed by atoms with Crippen molar-refractivity contribution >= 4 is 38.0 Å². The number of halogens is 2. The molecule has 0 spiro atoms. The number of nitrogens with zero attached hydrogens (tertiary/aromatic N) is 3. The molecule has 0 fully saturated rings. The fraction of sp³-hybridized carbons (Fsp3) is 0.182. The second-order valence-electron chi connectivity index (χ2n) is 7.31. The van der Waals surface area contributed by atoms with E-state index in [1.165, 1.54) is 22.7 Å². The van der Waals surface area contributed by atoms with E-state index in [0.29, 0.717) is 25.3 Å². The van der Waals surface area contributed by atoms with Gasteiger partial charge in [0.15, 0.2) is 0 Å². The second-order valence-corrected chi connectivity index (χ2v) is 9.19. The van der Waals surface area contributed by atoms with Crippen molar-refractivity contribution in [1.29, 1.82) is 0 Å². The Kier molecular flexibility index (Phi) is 6.07. The van der Waals surface area contributed by atoms with Crippen LogP contribution < -0.4 is 16.6 Å². The summed E-state index contributed by atoms with van der Waals surface area (Å²) in [4.78, 5) is 43.4. The maximum atomic E-state index is 13.9. The zero-order valence-electron chi connectivity index (χ0n) is 17.2. The Morgan fingerprint density at radius 2 is 1.94 bits per heavy atom. The van der Waals surface area contributed by atoms with Gasteiger partial charge in [-0.3, -0.25) is 23.5 Å². The van der Waals surface area contributed by atoms with E-state index in [1.54, 1.807) is 19.2 Å². The summed E-state index contributed by atoms with van der Waals surface area (Å²) in [6.07, 6.45) is 3.11. The van der Waals surface area contributed by atoms with Gasteiger partial charge in [0.05, 0.1) is 11.0 Å². The molecular weight excluding hydrogens is 499 g/mol. The number of aromatic nitrogens is 3. The lowest BCUT2D eigenvalue weighted by Crippen LogP contribution is -2.38. The third-order valence-corrected chi connectivity index (χ3v) is 6.82. The van der Waals surface area contributed by atoms with Crippen LogP contribution in [0.25, 0.3) is 4.83 Å². The molecular formula is C22H18BrFN4O3S. The molecule has 0 aliphatic carbocycles. The van der Waals surface area contributed by atoms with Crippen molar-refractivity contribution in [2.75, 3.05) is 0 Å². The molecule has 0 unspecified atom stereocenters. The minimum atomic E-state index is -0.586. The number of carbonyl (C=O) groups excluding carboxylic acids is 1. The number of amides is 1. The number of thiazole rings is 1. The number of benzene rings is 1. The van der Waals surface area contributed by atoms with Crippen molar-refractivity contribution in [2.45, 2.75) is 26.9 Å². The molecule has 32 heavy (non-hydrogen) atoms. The fourth-order valence-corrected chi connectivity index (χ4v) is 4.45. The highest BCUT2D eigenvalue weighted by atomic mass is 79.9. The minimum absolute atomic E-state index is 0.0799. The lowest BCUT2D eigenvalue weighted by Gasteiger charge is -2.08. The number of aryl methyl sites for hydroxylation is 2. The molecule has 0 saturated heterocycles. The van der Waals surface area contributed by atoms with Gasteiger partial charge >= 0.3 is 5.69 Å². The topological polar surface area (TPSA) is 85.5 Å². The Labute approximate surface area is 194 Å². The van der Waals surface area contributed by atoms with E-state index in [2.05, 4.69) is 26.2 Å². The fourth-order valence-electron chi connectivity index (χ4n) is 3.20.